The lowest BCUT2D eigenvalue weighted by Crippen LogP contribution is -2.30. The van der Waals surface area contributed by atoms with Gasteiger partial charge in [-0.25, -0.2) is 0 Å². The van der Waals surface area contributed by atoms with E-state index in [0.717, 1.165) is 24.7 Å². The summed E-state index contributed by atoms with van der Waals surface area (Å²) in [5.74, 6) is 1.94. The van der Waals surface area contributed by atoms with Crippen LogP contribution in [0.4, 0.5) is 0 Å². The number of piperidine rings is 1. The maximum atomic E-state index is 5.96. The first-order chi connectivity index (χ1) is 10.4. The summed E-state index contributed by atoms with van der Waals surface area (Å²) >= 11 is 0. The van der Waals surface area contributed by atoms with E-state index in [1.807, 2.05) is 0 Å². The number of nitrogens with zero attached hydrogens (tertiary/aromatic N) is 1. The molecule has 1 aliphatic rings. The average Bonchev–Trinajstić information content (AvgIpc) is 2.44. The van der Waals surface area contributed by atoms with Crippen LogP contribution in [0, 0.1) is 11.3 Å². The summed E-state index contributed by atoms with van der Waals surface area (Å²) in [5, 5.41) is 0. The lowest BCUT2D eigenvalue weighted by Gasteiger charge is -2.28. The van der Waals surface area contributed by atoms with E-state index in [1.54, 1.807) is 0 Å². The van der Waals surface area contributed by atoms with Crippen molar-refractivity contribution in [3.05, 3.63) is 29.8 Å². The Morgan fingerprint density at radius 1 is 1.18 bits per heavy atom. The van der Waals surface area contributed by atoms with Crippen molar-refractivity contribution in [3.8, 4) is 5.75 Å². The van der Waals surface area contributed by atoms with Gasteiger partial charge in [0.05, 0.1) is 6.61 Å². The minimum atomic E-state index is 0.326. The SMILES string of the molecule is CN1CCC(CCCOc2cccc(CC(C)(C)C)c2)CC1. The van der Waals surface area contributed by atoms with Gasteiger partial charge in [-0.1, -0.05) is 32.9 Å². The molecule has 1 aromatic carbocycles. The molecule has 0 bridgehead atoms. The van der Waals surface area contributed by atoms with Crippen LogP contribution in [-0.4, -0.2) is 31.6 Å². The molecule has 2 heteroatoms. The lowest BCUT2D eigenvalue weighted by molar-refractivity contribution is 0.200. The van der Waals surface area contributed by atoms with Gasteiger partial charge in [0.15, 0.2) is 0 Å². The fourth-order valence-electron chi connectivity index (χ4n) is 3.27. The van der Waals surface area contributed by atoms with E-state index in [2.05, 4.69) is 57.0 Å². The van der Waals surface area contributed by atoms with Crippen LogP contribution in [0.3, 0.4) is 0 Å². The normalized spacial score (nSPS) is 17.6. The fraction of sp³-hybridized carbons (Fsp3) is 0.700. The van der Waals surface area contributed by atoms with Gasteiger partial charge in [0, 0.05) is 0 Å². The number of benzene rings is 1. The number of hydrogen-bond donors (Lipinski definition) is 0. The number of rotatable bonds is 6. The average molecular weight is 303 g/mol. The maximum Gasteiger partial charge on any atom is 0.119 e. The van der Waals surface area contributed by atoms with Crippen LogP contribution in [0.25, 0.3) is 0 Å². The third-order valence-electron chi connectivity index (χ3n) is 4.50. The van der Waals surface area contributed by atoms with Crippen LogP contribution in [0.15, 0.2) is 24.3 Å². The van der Waals surface area contributed by atoms with E-state index in [-0.39, 0.29) is 0 Å². The van der Waals surface area contributed by atoms with Crippen molar-refractivity contribution in [3.63, 3.8) is 0 Å². The zero-order valence-corrected chi connectivity index (χ0v) is 14.9. The first-order valence-electron chi connectivity index (χ1n) is 8.83. The van der Waals surface area contributed by atoms with Crippen molar-refractivity contribution in [2.24, 2.45) is 11.3 Å². The first kappa shape index (κ1) is 17.3. The minimum Gasteiger partial charge on any atom is -0.494 e. The van der Waals surface area contributed by atoms with Gasteiger partial charge in [-0.15, -0.1) is 0 Å². The van der Waals surface area contributed by atoms with Gasteiger partial charge in [-0.05, 0) is 81.3 Å². The van der Waals surface area contributed by atoms with Crippen LogP contribution >= 0.6 is 0 Å². The summed E-state index contributed by atoms with van der Waals surface area (Å²) in [5.41, 5.74) is 1.70. The van der Waals surface area contributed by atoms with E-state index >= 15 is 0 Å². The van der Waals surface area contributed by atoms with E-state index in [4.69, 9.17) is 4.74 Å². The highest BCUT2D eigenvalue weighted by Gasteiger charge is 2.16. The zero-order valence-electron chi connectivity index (χ0n) is 14.9. The third-order valence-corrected chi connectivity index (χ3v) is 4.50. The molecule has 0 radical (unpaired) electrons. The molecule has 1 heterocycles. The molecule has 0 spiro atoms. The largest absolute Gasteiger partial charge is 0.494 e. The fourth-order valence-corrected chi connectivity index (χ4v) is 3.27. The number of hydrogen-bond acceptors (Lipinski definition) is 2. The van der Waals surface area contributed by atoms with E-state index in [1.165, 1.54) is 44.3 Å². The van der Waals surface area contributed by atoms with Crippen molar-refractivity contribution in [2.45, 2.75) is 52.9 Å². The Bertz CT molecular complexity index is 441. The minimum absolute atomic E-state index is 0.326. The summed E-state index contributed by atoms with van der Waals surface area (Å²) in [6.45, 7) is 10.2. The summed E-state index contributed by atoms with van der Waals surface area (Å²) in [6.07, 6.45) is 6.31. The zero-order chi connectivity index (χ0) is 16.0. The molecule has 1 fully saturated rings. The van der Waals surface area contributed by atoms with Crippen LogP contribution in [-0.2, 0) is 6.42 Å². The van der Waals surface area contributed by atoms with Gasteiger partial charge in [-0.2, -0.15) is 0 Å². The van der Waals surface area contributed by atoms with Crippen LogP contribution in [0.5, 0.6) is 5.75 Å². The second kappa shape index (κ2) is 8.01. The van der Waals surface area contributed by atoms with Gasteiger partial charge in [0.25, 0.3) is 0 Å². The number of ether oxygens (including phenoxy) is 1. The Morgan fingerprint density at radius 2 is 1.91 bits per heavy atom. The third kappa shape index (κ3) is 6.39. The molecule has 0 N–H and O–H groups in total. The molecule has 0 unspecified atom stereocenters. The molecule has 0 atom stereocenters. The lowest BCUT2D eigenvalue weighted by atomic mass is 9.88. The molecular formula is C20H33NO. The van der Waals surface area contributed by atoms with E-state index in [9.17, 15) is 0 Å². The van der Waals surface area contributed by atoms with Crippen molar-refractivity contribution in [2.75, 3.05) is 26.7 Å². The first-order valence-corrected chi connectivity index (χ1v) is 8.83. The molecule has 0 amide bonds. The predicted octanol–water partition coefficient (Wildman–Crippen LogP) is 4.78. The van der Waals surface area contributed by atoms with Gasteiger partial charge >= 0.3 is 0 Å². The van der Waals surface area contributed by atoms with Crippen LogP contribution in [0.1, 0.15) is 52.0 Å². The Morgan fingerprint density at radius 3 is 2.59 bits per heavy atom. The second-order valence-corrected chi connectivity index (χ2v) is 8.12. The molecule has 2 rings (SSSR count). The monoisotopic (exact) mass is 303 g/mol. The van der Waals surface area contributed by atoms with E-state index in [0.29, 0.717) is 5.41 Å². The van der Waals surface area contributed by atoms with Gasteiger partial charge in [0.1, 0.15) is 5.75 Å². The summed E-state index contributed by atoms with van der Waals surface area (Å²) in [7, 11) is 2.23. The highest BCUT2D eigenvalue weighted by Crippen LogP contribution is 2.24. The van der Waals surface area contributed by atoms with Crippen molar-refractivity contribution in [1.82, 2.24) is 4.90 Å². The Hall–Kier alpha value is -1.02. The van der Waals surface area contributed by atoms with Crippen LogP contribution in [0.2, 0.25) is 0 Å². The Kier molecular flexibility index (Phi) is 6.31. The quantitative estimate of drug-likeness (QED) is 0.701. The predicted molar refractivity (Wildman–Crippen MR) is 94.6 cm³/mol. The summed E-state index contributed by atoms with van der Waals surface area (Å²) in [6, 6.07) is 8.62. The molecule has 1 aromatic rings. The summed E-state index contributed by atoms with van der Waals surface area (Å²) < 4.78 is 5.96. The second-order valence-electron chi connectivity index (χ2n) is 8.12. The van der Waals surface area contributed by atoms with Gasteiger partial charge in [-0.3, -0.25) is 0 Å². The smallest absolute Gasteiger partial charge is 0.119 e. The van der Waals surface area contributed by atoms with Gasteiger partial charge < -0.3 is 9.64 Å². The molecular weight excluding hydrogens is 270 g/mol. The highest BCUT2D eigenvalue weighted by atomic mass is 16.5. The molecule has 0 aliphatic carbocycles. The highest BCUT2D eigenvalue weighted by molar-refractivity contribution is 5.29. The Balaban J connectivity index is 1.69. The molecule has 1 saturated heterocycles. The summed E-state index contributed by atoms with van der Waals surface area (Å²) in [4.78, 5) is 2.44. The standard InChI is InChI=1S/C20H33NO/c1-20(2,3)16-18-7-5-9-19(15-18)22-14-6-8-17-10-12-21(4)13-11-17/h5,7,9,15,17H,6,8,10-14,16H2,1-4H3. The molecule has 1 aliphatic heterocycles. The Labute approximate surface area is 136 Å². The molecule has 2 nitrogen and oxygen atoms in total. The molecule has 22 heavy (non-hydrogen) atoms. The van der Waals surface area contributed by atoms with Crippen LogP contribution < -0.4 is 4.74 Å². The van der Waals surface area contributed by atoms with Crippen molar-refractivity contribution >= 4 is 0 Å². The molecule has 0 saturated carbocycles. The number of likely N-dealkylation sites (tertiary alicyclic amines) is 1. The van der Waals surface area contributed by atoms with Gasteiger partial charge in [0.2, 0.25) is 0 Å². The topological polar surface area (TPSA) is 12.5 Å². The molecule has 0 aromatic heterocycles. The molecule has 124 valence electrons. The van der Waals surface area contributed by atoms with E-state index < -0.39 is 0 Å². The van der Waals surface area contributed by atoms with Crippen molar-refractivity contribution in [1.29, 1.82) is 0 Å². The van der Waals surface area contributed by atoms with Crippen molar-refractivity contribution < 1.29 is 4.74 Å². The maximum absolute atomic E-state index is 5.96.